The van der Waals surface area contributed by atoms with Crippen molar-refractivity contribution >= 4 is 12.0 Å². The third-order valence-corrected chi connectivity index (χ3v) is 3.40. The van der Waals surface area contributed by atoms with Crippen LogP contribution in [0.1, 0.15) is 37.7 Å². The lowest BCUT2D eigenvalue weighted by atomic mass is 10.0. The molecule has 0 aliphatic heterocycles. The fraction of sp³-hybridized carbons (Fsp3) is 0.467. The minimum Gasteiger partial charge on any atom is -0.444 e. The van der Waals surface area contributed by atoms with Crippen LogP contribution in [0.3, 0.4) is 0 Å². The number of imide groups is 1. The number of amides is 2. The standard InChI is InChI=1S/C15H19NO3/c17-14(10-12-6-4-5-7-12)16-15(18)19-11-13-8-2-1-3-9-13/h1-3,8-9,12H,4-7,10-11H2,(H,16,17,18). The van der Waals surface area contributed by atoms with Crippen molar-refractivity contribution < 1.29 is 14.3 Å². The van der Waals surface area contributed by atoms with E-state index < -0.39 is 6.09 Å². The van der Waals surface area contributed by atoms with Gasteiger partial charge in [0.05, 0.1) is 0 Å². The van der Waals surface area contributed by atoms with Gasteiger partial charge in [-0.1, -0.05) is 43.2 Å². The third-order valence-electron chi connectivity index (χ3n) is 3.40. The Morgan fingerprint density at radius 2 is 1.84 bits per heavy atom. The van der Waals surface area contributed by atoms with Gasteiger partial charge in [-0.05, 0) is 24.3 Å². The maximum absolute atomic E-state index is 11.6. The molecule has 2 rings (SSSR count). The van der Waals surface area contributed by atoms with E-state index in [0.717, 1.165) is 18.4 Å². The summed E-state index contributed by atoms with van der Waals surface area (Å²) in [5.74, 6) is 0.201. The Morgan fingerprint density at radius 1 is 1.16 bits per heavy atom. The van der Waals surface area contributed by atoms with E-state index >= 15 is 0 Å². The molecule has 1 saturated carbocycles. The van der Waals surface area contributed by atoms with E-state index in [9.17, 15) is 9.59 Å². The van der Waals surface area contributed by atoms with Gasteiger partial charge in [0.15, 0.2) is 0 Å². The predicted octanol–water partition coefficient (Wildman–Crippen LogP) is 3.02. The van der Waals surface area contributed by atoms with E-state index in [2.05, 4.69) is 5.32 Å². The number of nitrogens with one attached hydrogen (secondary N) is 1. The summed E-state index contributed by atoms with van der Waals surface area (Å²) in [7, 11) is 0. The molecule has 0 unspecified atom stereocenters. The average Bonchev–Trinajstić information content (AvgIpc) is 2.90. The lowest BCUT2D eigenvalue weighted by molar-refractivity contribution is -0.121. The lowest BCUT2D eigenvalue weighted by Gasteiger charge is -2.09. The Balaban J connectivity index is 1.67. The molecule has 0 radical (unpaired) electrons. The number of benzene rings is 1. The zero-order valence-corrected chi connectivity index (χ0v) is 10.9. The van der Waals surface area contributed by atoms with Crippen molar-refractivity contribution in [1.29, 1.82) is 0 Å². The molecular weight excluding hydrogens is 242 g/mol. The SMILES string of the molecule is O=C(CC1CCCC1)NC(=O)OCc1ccccc1. The zero-order valence-electron chi connectivity index (χ0n) is 10.9. The van der Waals surface area contributed by atoms with Crippen LogP contribution in [0, 0.1) is 5.92 Å². The van der Waals surface area contributed by atoms with E-state index in [-0.39, 0.29) is 12.5 Å². The first-order chi connectivity index (χ1) is 9.24. The van der Waals surface area contributed by atoms with Gasteiger partial charge in [-0.2, -0.15) is 0 Å². The summed E-state index contributed by atoms with van der Waals surface area (Å²) < 4.78 is 4.99. The molecule has 0 spiro atoms. The van der Waals surface area contributed by atoms with Crippen LogP contribution < -0.4 is 5.32 Å². The van der Waals surface area contributed by atoms with Gasteiger partial charge in [-0.15, -0.1) is 0 Å². The average molecular weight is 261 g/mol. The Labute approximate surface area is 113 Å². The Morgan fingerprint density at radius 3 is 2.53 bits per heavy atom. The van der Waals surface area contributed by atoms with Crippen molar-refractivity contribution in [3.05, 3.63) is 35.9 Å². The predicted molar refractivity (Wildman–Crippen MR) is 71.3 cm³/mol. The van der Waals surface area contributed by atoms with Crippen LogP contribution in [-0.2, 0) is 16.1 Å². The molecule has 4 nitrogen and oxygen atoms in total. The van der Waals surface area contributed by atoms with Crippen molar-refractivity contribution in [2.24, 2.45) is 5.92 Å². The van der Waals surface area contributed by atoms with Crippen LogP contribution in [-0.4, -0.2) is 12.0 Å². The molecule has 1 aliphatic rings. The van der Waals surface area contributed by atoms with Crippen LogP contribution in [0.2, 0.25) is 0 Å². The molecule has 2 amide bonds. The maximum Gasteiger partial charge on any atom is 0.414 e. The van der Waals surface area contributed by atoms with Crippen molar-refractivity contribution in [3.8, 4) is 0 Å². The minimum absolute atomic E-state index is 0.184. The highest BCUT2D eigenvalue weighted by atomic mass is 16.5. The highest BCUT2D eigenvalue weighted by Gasteiger charge is 2.19. The second-order valence-electron chi connectivity index (χ2n) is 4.96. The number of rotatable bonds is 4. The van der Waals surface area contributed by atoms with E-state index in [1.165, 1.54) is 12.8 Å². The van der Waals surface area contributed by atoms with Crippen LogP contribution in [0.4, 0.5) is 4.79 Å². The minimum atomic E-state index is -0.660. The molecule has 0 atom stereocenters. The molecular formula is C15H19NO3. The number of carbonyl (C=O) groups excluding carboxylic acids is 2. The van der Waals surface area contributed by atoms with Gasteiger partial charge < -0.3 is 4.74 Å². The van der Waals surface area contributed by atoms with Crippen molar-refractivity contribution in [1.82, 2.24) is 5.32 Å². The molecule has 1 aromatic carbocycles. The van der Waals surface area contributed by atoms with Crippen molar-refractivity contribution in [2.45, 2.75) is 38.7 Å². The summed E-state index contributed by atoms with van der Waals surface area (Å²) in [5.41, 5.74) is 0.904. The second kappa shape index (κ2) is 6.92. The Bertz CT molecular complexity index is 424. The van der Waals surface area contributed by atoms with Gasteiger partial charge in [-0.25, -0.2) is 4.79 Å². The lowest BCUT2D eigenvalue weighted by Crippen LogP contribution is -2.31. The summed E-state index contributed by atoms with van der Waals surface area (Å²) in [6.07, 6.45) is 4.33. The normalized spacial score (nSPS) is 15.2. The highest BCUT2D eigenvalue weighted by molar-refractivity contribution is 5.91. The third kappa shape index (κ3) is 4.73. The van der Waals surface area contributed by atoms with E-state index in [1.54, 1.807) is 0 Å². The van der Waals surface area contributed by atoms with Crippen molar-refractivity contribution in [2.75, 3.05) is 0 Å². The van der Waals surface area contributed by atoms with E-state index in [4.69, 9.17) is 4.74 Å². The summed E-state index contributed by atoms with van der Waals surface area (Å²) in [5, 5.41) is 2.28. The monoisotopic (exact) mass is 261 g/mol. The molecule has 1 N–H and O–H groups in total. The van der Waals surface area contributed by atoms with Crippen LogP contribution >= 0.6 is 0 Å². The summed E-state index contributed by atoms with van der Waals surface area (Å²) in [6.45, 7) is 0.184. The molecule has 102 valence electrons. The largest absolute Gasteiger partial charge is 0.444 e. The fourth-order valence-electron chi connectivity index (χ4n) is 2.40. The molecule has 4 heteroatoms. The number of alkyl carbamates (subject to hydrolysis) is 1. The molecule has 1 aliphatic carbocycles. The molecule has 1 aromatic rings. The summed E-state index contributed by atoms with van der Waals surface area (Å²) in [4.78, 5) is 23.1. The molecule has 19 heavy (non-hydrogen) atoms. The van der Waals surface area contributed by atoms with Gasteiger partial charge in [-0.3, -0.25) is 10.1 Å². The van der Waals surface area contributed by atoms with Gasteiger partial charge in [0.1, 0.15) is 6.61 Å². The number of hydrogen-bond acceptors (Lipinski definition) is 3. The van der Waals surface area contributed by atoms with Crippen LogP contribution in [0.15, 0.2) is 30.3 Å². The maximum atomic E-state index is 11.6. The van der Waals surface area contributed by atoms with Crippen LogP contribution in [0.5, 0.6) is 0 Å². The molecule has 1 fully saturated rings. The number of carbonyl (C=O) groups is 2. The first kappa shape index (κ1) is 13.6. The van der Waals surface area contributed by atoms with Gasteiger partial charge >= 0.3 is 6.09 Å². The second-order valence-corrected chi connectivity index (χ2v) is 4.96. The zero-order chi connectivity index (χ0) is 13.5. The quantitative estimate of drug-likeness (QED) is 0.906. The first-order valence-electron chi connectivity index (χ1n) is 6.74. The van der Waals surface area contributed by atoms with E-state index in [1.807, 2.05) is 30.3 Å². The van der Waals surface area contributed by atoms with Gasteiger partial charge in [0, 0.05) is 6.42 Å². The fourth-order valence-corrected chi connectivity index (χ4v) is 2.40. The smallest absolute Gasteiger partial charge is 0.414 e. The topological polar surface area (TPSA) is 55.4 Å². The highest BCUT2D eigenvalue weighted by Crippen LogP contribution is 2.27. The number of hydrogen-bond donors (Lipinski definition) is 1. The van der Waals surface area contributed by atoms with Crippen LogP contribution in [0.25, 0.3) is 0 Å². The molecule has 0 aromatic heterocycles. The van der Waals surface area contributed by atoms with Gasteiger partial charge in [0.2, 0.25) is 5.91 Å². The Hall–Kier alpha value is -1.84. The summed E-state index contributed by atoms with van der Waals surface area (Å²) >= 11 is 0. The summed E-state index contributed by atoms with van der Waals surface area (Å²) in [6, 6.07) is 9.39. The molecule has 0 saturated heterocycles. The molecule has 0 heterocycles. The molecule has 0 bridgehead atoms. The number of ether oxygens (including phenoxy) is 1. The van der Waals surface area contributed by atoms with Crippen molar-refractivity contribution in [3.63, 3.8) is 0 Å². The first-order valence-corrected chi connectivity index (χ1v) is 6.74. The Kier molecular flexibility index (Phi) is 4.95. The van der Waals surface area contributed by atoms with E-state index in [0.29, 0.717) is 12.3 Å². The van der Waals surface area contributed by atoms with Gasteiger partial charge in [0.25, 0.3) is 0 Å².